The van der Waals surface area contributed by atoms with Gasteiger partial charge < -0.3 is 4.42 Å². The molecule has 0 radical (unpaired) electrons. The minimum Gasteiger partial charge on any atom is -0.456 e. The Kier molecular flexibility index (Phi) is 2.98. The molecule has 102 valence electrons. The minimum atomic E-state index is 0.329. The van der Waals surface area contributed by atoms with Crippen LogP contribution >= 0.6 is 0 Å². The van der Waals surface area contributed by atoms with E-state index in [4.69, 9.17) is 4.42 Å². The molecule has 20 heavy (non-hydrogen) atoms. The van der Waals surface area contributed by atoms with E-state index in [1.54, 1.807) is 21.5 Å². The molecule has 0 atom stereocenters. The Labute approximate surface area is 115 Å². The summed E-state index contributed by atoms with van der Waals surface area (Å²) in [5.74, 6) is 1.03. The molecule has 0 aliphatic carbocycles. The number of carbonyl (C=O) groups excluding carboxylic acids is 1. The number of aryl methyl sites for hydroxylation is 2. The van der Waals surface area contributed by atoms with Crippen molar-refractivity contribution < 1.29 is 9.21 Å². The third-order valence-electron chi connectivity index (χ3n) is 3.05. The van der Waals surface area contributed by atoms with E-state index in [1.165, 1.54) is 0 Å². The predicted molar refractivity (Wildman–Crippen MR) is 72.4 cm³/mol. The maximum atomic E-state index is 10.6. The van der Waals surface area contributed by atoms with Gasteiger partial charge in [0.25, 0.3) is 0 Å². The first kappa shape index (κ1) is 12.4. The highest BCUT2D eigenvalue weighted by Crippen LogP contribution is 2.20. The number of hydrogen-bond acceptors (Lipinski definition) is 4. The summed E-state index contributed by atoms with van der Waals surface area (Å²) in [7, 11) is 1.89. The fraction of sp³-hybridized carbons (Fsp3) is 0.214. The molecule has 0 saturated heterocycles. The molecular formula is C14H14N4O2. The van der Waals surface area contributed by atoms with E-state index in [2.05, 4.69) is 10.2 Å². The second kappa shape index (κ2) is 4.80. The van der Waals surface area contributed by atoms with Crippen LogP contribution in [0.4, 0.5) is 0 Å². The minimum absolute atomic E-state index is 0.329. The number of aldehydes is 1. The van der Waals surface area contributed by atoms with E-state index >= 15 is 0 Å². The summed E-state index contributed by atoms with van der Waals surface area (Å²) in [5.41, 5.74) is 2.83. The molecule has 0 aliphatic heterocycles. The van der Waals surface area contributed by atoms with Crippen LogP contribution in [0.5, 0.6) is 0 Å². The molecule has 3 aromatic rings. The standard InChI is InChI=1S/C14H14N4O2/c1-10-13(8-17(2)15-10)14-5-6-18(16-14)7-11-3-4-12(9-19)20-11/h3-6,8-9H,7H2,1-2H3. The predicted octanol–water partition coefficient (Wildman–Crippen LogP) is 2.05. The van der Waals surface area contributed by atoms with Crippen molar-refractivity contribution in [2.75, 3.05) is 0 Å². The van der Waals surface area contributed by atoms with Gasteiger partial charge >= 0.3 is 0 Å². The molecule has 6 nitrogen and oxygen atoms in total. The normalized spacial score (nSPS) is 10.9. The SMILES string of the molecule is Cc1nn(C)cc1-c1ccn(Cc2ccc(C=O)o2)n1. The molecule has 0 aliphatic rings. The summed E-state index contributed by atoms with van der Waals surface area (Å²) in [6.45, 7) is 2.45. The fourth-order valence-corrected chi connectivity index (χ4v) is 2.15. The molecule has 0 N–H and O–H groups in total. The topological polar surface area (TPSA) is 65.8 Å². The van der Waals surface area contributed by atoms with Crippen LogP contribution < -0.4 is 0 Å². The highest BCUT2D eigenvalue weighted by molar-refractivity contribution is 5.70. The van der Waals surface area contributed by atoms with Crippen molar-refractivity contribution in [2.45, 2.75) is 13.5 Å². The van der Waals surface area contributed by atoms with Crippen LogP contribution in [0, 0.1) is 6.92 Å². The number of aromatic nitrogens is 4. The van der Waals surface area contributed by atoms with Gasteiger partial charge in [-0.2, -0.15) is 10.2 Å². The number of hydrogen-bond donors (Lipinski definition) is 0. The zero-order valence-corrected chi connectivity index (χ0v) is 11.3. The fourth-order valence-electron chi connectivity index (χ4n) is 2.15. The molecular weight excluding hydrogens is 256 g/mol. The lowest BCUT2D eigenvalue weighted by molar-refractivity contribution is 0.109. The lowest BCUT2D eigenvalue weighted by atomic mass is 10.2. The molecule has 0 spiro atoms. The van der Waals surface area contributed by atoms with Crippen molar-refractivity contribution in [1.82, 2.24) is 19.6 Å². The van der Waals surface area contributed by atoms with Crippen LogP contribution in [0.15, 0.2) is 35.0 Å². The Morgan fingerprint density at radius 2 is 2.15 bits per heavy atom. The van der Waals surface area contributed by atoms with Gasteiger partial charge in [-0.15, -0.1) is 0 Å². The van der Waals surface area contributed by atoms with Crippen molar-refractivity contribution in [1.29, 1.82) is 0 Å². The Hall–Kier alpha value is -2.63. The summed E-state index contributed by atoms with van der Waals surface area (Å²) in [5, 5.41) is 8.81. The average Bonchev–Trinajstić information content (AvgIpc) is 3.11. The van der Waals surface area contributed by atoms with Gasteiger partial charge in [-0.05, 0) is 25.1 Å². The summed E-state index contributed by atoms with van der Waals surface area (Å²) < 4.78 is 8.88. The highest BCUT2D eigenvalue weighted by atomic mass is 16.3. The zero-order valence-electron chi connectivity index (χ0n) is 11.3. The smallest absolute Gasteiger partial charge is 0.185 e. The van der Waals surface area contributed by atoms with Crippen LogP contribution in [0.2, 0.25) is 0 Å². The molecule has 3 heterocycles. The third kappa shape index (κ3) is 2.27. The summed E-state index contributed by atoms with van der Waals surface area (Å²) in [6.07, 6.45) is 4.52. The summed E-state index contributed by atoms with van der Waals surface area (Å²) in [6, 6.07) is 5.37. The monoisotopic (exact) mass is 270 g/mol. The summed E-state index contributed by atoms with van der Waals surface area (Å²) in [4.78, 5) is 10.6. The second-order valence-electron chi connectivity index (χ2n) is 4.62. The first-order valence-corrected chi connectivity index (χ1v) is 6.23. The van der Waals surface area contributed by atoms with Crippen molar-refractivity contribution in [3.8, 4) is 11.3 Å². The number of carbonyl (C=O) groups is 1. The van der Waals surface area contributed by atoms with E-state index in [0.29, 0.717) is 24.4 Å². The molecule has 0 unspecified atom stereocenters. The maximum absolute atomic E-state index is 10.6. The third-order valence-corrected chi connectivity index (χ3v) is 3.05. The Morgan fingerprint density at radius 3 is 2.80 bits per heavy atom. The van der Waals surface area contributed by atoms with Crippen LogP contribution in [0.1, 0.15) is 22.0 Å². The highest BCUT2D eigenvalue weighted by Gasteiger charge is 2.10. The van der Waals surface area contributed by atoms with Crippen molar-refractivity contribution in [2.24, 2.45) is 7.05 Å². The molecule has 6 heteroatoms. The molecule has 0 amide bonds. The molecule has 0 fully saturated rings. The Morgan fingerprint density at radius 1 is 1.30 bits per heavy atom. The van der Waals surface area contributed by atoms with Gasteiger partial charge in [0, 0.05) is 25.0 Å². The summed E-state index contributed by atoms with van der Waals surface area (Å²) >= 11 is 0. The van der Waals surface area contributed by atoms with Crippen molar-refractivity contribution in [3.05, 3.63) is 47.8 Å². The van der Waals surface area contributed by atoms with Gasteiger partial charge in [-0.1, -0.05) is 0 Å². The van der Waals surface area contributed by atoms with Gasteiger partial charge in [0.15, 0.2) is 12.0 Å². The zero-order chi connectivity index (χ0) is 14.1. The second-order valence-corrected chi connectivity index (χ2v) is 4.62. The first-order valence-electron chi connectivity index (χ1n) is 6.23. The van der Waals surface area contributed by atoms with Gasteiger partial charge in [0.05, 0.1) is 17.9 Å². The van der Waals surface area contributed by atoms with Gasteiger partial charge in [0.2, 0.25) is 0 Å². The quantitative estimate of drug-likeness (QED) is 0.680. The van der Waals surface area contributed by atoms with Gasteiger partial charge in [-0.25, -0.2) is 0 Å². The van der Waals surface area contributed by atoms with Crippen LogP contribution in [-0.4, -0.2) is 25.8 Å². The van der Waals surface area contributed by atoms with Crippen molar-refractivity contribution >= 4 is 6.29 Å². The lowest BCUT2D eigenvalue weighted by Gasteiger charge is -1.97. The van der Waals surface area contributed by atoms with Crippen molar-refractivity contribution in [3.63, 3.8) is 0 Å². The molecule has 0 aromatic carbocycles. The molecule has 3 rings (SSSR count). The van der Waals surface area contributed by atoms with E-state index in [-0.39, 0.29) is 0 Å². The number of furan rings is 1. The Bertz CT molecular complexity index is 751. The van der Waals surface area contributed by atoms with E-state index < -0.39 is 0 Å². The molecule has 0 saturated carbocycles. The molecule has 3 aromatic heterocycles. The lowest BCUT2D eigenvalue weighted by Crippen LogP contribution is -1.99. The number of rotatable bonds is 4. The first-order chi connectivity index (χ1) is 9.65. The van der Waals surface area contributed by atoms with Crippen LogP contribution in [0.25, 0.3) is 11.3 Å². The van der Waals surface area contributed by atoms with E-state index in [0.717, 1.165) is 17.0 Å². The van der Waals surface area contributed by atoms with Crippen LogP contribution in [0.3, 0.4) is 0 Å². The maximum Gasteiger partial charge on any atom is 0.185 e. The number of nitrogens with zero attached hydrogens (tertiary/aromatic N) is 4. The van der Waals surface area contributed by atoms with Crippen LogP contribution in [-0.2, 0) is 13.6 Å². The Balaban J connectivity index is 1.83. The van der Waals surface area contributed by atoms with E-state index in [1.807, 2.05) is 32.4 Å². The largest absolute Gasteiger partial charge is 0.456 e. The average molecular weight is 270 g/mol. The molecule has 0 bridgehead atoms. The van der Waals surface area contributed by atoms with Gasteiger partial charge in [-0.3, -0.25) is 14.2 Å². The van der Waals surface area contributed by atoms with Gasteiger partial charge in [0.1, 0.15) is 5.76 Å². The van der Waals surface area contributed by atoms with E-state index in [9.17, 15) is 4.79 Å².